The zero-order chi connectivity index (χ0) is 9.69. The van der Waals surface area contributed by atoms with Crippen molar-refractivity contribution in [3.63, 3.8) is 0 Å². The van der Waals surface area contributed by atoms with E-state index in [9.17, 15) is 5.11 Å². The molecule has 2 N–H and O–H groups in total. The normalized spacial score (nSPS) is 46.8. The molecular weight excluding hydrogens is 172 g/mol. The summed E-state index contributed by atoms with van der Waals surface area (Å²) in [6.45, 7) is 3.23. The minimum absolute atomic E-state index is 0.243. The first-order chi connectivity index (χ1) is 5.97. The minimum atomic E-state index is -1.28. The average molecular weight is 186 g/mol. The van der Waals surface area contributed by atoms with Gasteiger partial charge in [-0.25, -0.2) is 0 Å². The summed E-state index contributed by atoms with van der Waals surface area (Å²) in [7, 11) is 0. The third-order valence-corrected chi connectivity index (χ3v) is 2.45. The Balaban J connectivity index is 2.21. The van der Waals surface area contributed by atoms with E-state index in [1.807, 2.05) is 0 Å². The van der Waals surface area contributed by atoms with E-state index in [4.69, 9.17) is 14.6 Å². The molecule has 1 unspecified atom stereocenters. The van der Waals surface area contributed by atoms with Crippen LogP contribution in [0.1, 0.15) is 13.8 Å². The van der Waals surface area contributed by atoms with E-state index in [2.05, 4.69) is 0 Å². The van der Waals surface area contributed by atoms with Crippen LogP contribution in [0.5, 0.6) is 0 Å². The topological polar surface area (TPSA) is 58.9 Å². The van der Waals surface area contributed by atoms with Gasteiger partial charge in [-0.15, -0.1) is 0 Å². The Morgan fingerprint density at radius 1 is 1.38 bits per heavy atom. The van der Waals surface area contributed by atoms with Crippen molar-refractivity contribution in [3.8, 4) is 0 Å². The summed E-state index contributed by atoms with van der Waals surface area (Å²) in [6, 6.07) is 0. The molecule has 0 aromatic carbocycles. The molecule has 2 rings (SSSR count). The third-order valence-electron chi connectivity index (χ3n) is 2.45. The van der Waals surface area contributed by atoms with Crippen LogP contribution >= 0.6 is 0 Å². The lowest BCUT2D eigenvalue weighted by Crippen LogP contribution is -2.45. The smallest absolute Gasteiger partial charge is 0.164 e. The molecule has 2 aliphatic rings. The molecule has 1 aliphatic carbocycles. The SMILES string of the molecule is CC1(C)O[C@H]2C=CC(O)(CO)[C@H]2O1. The molecule has 1 fully saturated rings. The van der Waals surface area contributed by atoms with Crippen LogP contribution in [-0.2, 0) is 9.47 Å². The summed E-state index contributed by atoms with van der Waals surface area (Å²) in [5.41, 5.74) is -1.28. The van der Waals surface area contributed by atoms with E-state index in [0.29, 0.717) is 0 Å². The number of rotatable bonds is 1. The molecule has 0 bridgehead atoms. The monoisotopic (exact) mass is 186 g/mol. The van der Waals surface area contributed by atoms with Crippen LogP contribution in [0.4, 0.5) is 0 Å². The molecule has 0 aromatic heterocycles. The Kier molecular flexibility index (Phi) is 1.79. The molecule has 74 valence electrons. The predicted molar refractivity (Wildman–Crippen MR) is 45.0 cm³/mol. The van der Waals surface area contributed by atoms with Crippen LogP contribution in [-0.4, -0.2) is 40.4 Å². The lowest BCUT2D eigenvalue weighted by atomic mass is 10.0. The van der Waals surface area contributed by atoms with Gasteiger partial charge in [-0.2, -0.15) is 0 Å². The molecule has 1 aliphatic heterocycles. The standard InChI is InChI=1S/C9H14O4/c1-8(2)12-6-3-4-9(11,5-10)7(6)13-8/h3-4,6-7,10-11H,5H2,1-2H3/t6-,7-,9?/m0/s1. The first kappa shape index (κ1) is 9.15. The highest BCUT2D eigenvalue weighted by molar-refractivity contribution is 5.21. The molecule has 0 radical (unpaired) electrons. The summed E-state index contributed by atoms with van der Waals surface area (Å²) >= 11 is 0. The average Bonchev–Trinajstić information content (AvgIpc) is 2.49. The van der Waals surface area contributed by atoms with E-state index >= 15 is 0 Å². The molecule has 0 amide bonds. The van der Waals surface area contributed by atoms with Crippen molar-refractivity contribution in [3.05, 3.63) is 12.2 Å². The van der Waals surface area contributed by atoms with Crippen molar-refractivity contribution in [2.45, 2.75) is 37.4 Å². The fourth-order valence-corrected chi connectivity index (χ4v) is 1.82. The summed E-state index contributed by atoms with van der Waals surface area (Å²) in [5.74, 6) is -0.677. The second kappa shape index (κ2) is 2.54. The Bertz CT molecular complexity index is 248. The zero-order valence-electron chi connectivity index (χ0n) is 7.73. The van der Waals surface area contributed by atoms with Gasteiger partial charge in [0, 0.05) is 0 Å². The number of aliphatic hydroxyl groups excluding tert-OH is 1. The number of hydrogen-bond donors (Lipinski definition) is 2. The lowest BCUT2D eigenvalue weighted by Gasteiger charge is -2.26. The number of hydrogen-bond acceptors (Lipinski definition) is 4. The third kappa shape index (κ3) is 1.30. The second-order valence-corrected chi connectivity index (χ2v) is 4.03. The second-order valence-electron chi connectivity index (χ2n) is 4.03. The molecule has 1 saturated heterocycles. The quantitative estimate of drug-likeness (QED) is 0.557. The molecule has 4 nitrogen and oxygen atoms in total. The predicted octanol–water partition coefficient (Wildman–Crippen LogP) is -0.200. The lowest BCUT2D eigenvalue weighted by molar-refractivity contribution is -0.169. The summed E-state index contributed by atoms with van der Waals surface area (Å²) in [5, 5.41) is 18.9. The van der Waals surface area contributed by atoms with Crippen LogP contribution in [0.15, 0.2) is 12.2 Å². The Hall–Kier alpha value is -0.420. The maximum atomic E-state index is 9.86. The van der Waals surface area contributed by atoms with Gasteiger partial charge in [-0.3, -0.25) is 0 Å². The van der Waals surface area contributed by atoms with E-state index in [0.717, 1.165) is 0 Å². The molecule has 0 aromatic rings. The Morgan fingerprint density at radius 3 is 2.69 bits per heavy atom. The van der Waals surface area contributed by atoms with Crippen molar-refractivity contribution in [2.24, 2.45) is 0 Å². The van der Waals surface area contributed by atoms with Gasteiger partial charge >= 0.3 is 0 Å². The van der Waals surface area contributed by atoms with Gasteiger partial charge in [0.1, 0.15) is 17.8 Å². The summed E-state index contributed by atoms with van der Waals surface area (Å²) in [4.78, 5) is 0. The van der Waals surface area contributed by atoms with Crippen LogP contribution < -0.4 is 0 Å². The highest BCUT2D eigenvalue weighted by atomic mass is 16.8. The fraction of sp³-hybridized carbons (Fsp3) is 0.778. The molecule has 0 spiro atoms. The molecule has 0 saturated carbocycles. The van der Waals surface area contributed by atoms with Crippen molar-refractivity contribution < 1.29 is 19.7 Å². The highest BCUT2D eigenvalue weighted by Gasteiger charge is 2.53. The maximum Gasteiger partial charge on any atom is 0.164 e. The van der Waals surface area contributed by atoms with Crippen LogP contribution in [0.3, 0.4) is 0 Å². The molecule has 3 atom stereocenters. The van der Waals surface area contributed by atoms with Gasteiger partial charge in [-0.05, 0) is 19.9 Å². The van der Waals surface area contributed by atoms with E-state index < -0.39 is 17.5 Å². The molecule has 4 heteroatoms. The van der Waals surface area contributed by atoms with Gasteiger partial charge in [0.05, 0.1) is 6.61 Å². The minimum Gasteiger partial charge on any atom is -0.393 e. The van der Waals surface area contributed by atoms with Gasteiger partial charge < -0.3 is 19.7 Å². The van der Waals surface area contributed by atoms with Crippen LogP contribution in [0.2, 0.25) is 0 Å². The van der Waals surface area contributed by atoms with Gasteiger partial charge in [0.15, 0.2) is 5.79 Å². The van der Waals surface area contributed by atoms with Crippen molar-refractivity contribution >= 4 is 0 Å². The van der Waals surface area contributed by atoms with Gasteiger partial charge in [0.25, 0.3) is 0 Å². The molecular formula is C9H14O4. The van der Waals surface area contributed by atoms with E-state index in [1.165, 1.54) is 6.08 Å². The van der Waals surface area contributed by atoms with Gasteiger partial charge in [0.2, 0.25) is 0 Å². The maximum absolute atomic E-state index is 9.86. The number of ether oxygens (including phenoxy) is 2. The number of fused-ring (bicyclic) bond motifs is 1. The van der Waals surface area contributed by atoms with E-state index in [-0.39, 0.29) is 12.7 Å². The van der Waals surface area contributed by atoms with Gasteiger partial charge in [-0.1, -0.05) is 6.08 Å². The molecule has 1 heterocycles. The first-order valence-electron chi connectivity index (χ1n) is 4.35. The van der Waals surface area contributed by atoms with Crippen molar-refractivity contribution in [1.29, 1.82) is 0 Å². The number of aliphatic hydroxyl groups is 2. The summed E-state index contributed by atoms with van der Waals surface area (Å²) in [6.07, 6.45) is 2.55. The highest BCUT2D eigenvalue weighted by Crippen LogP contribution is 2.39. The molecule has 13 heavy (non-hydrogen) atoms. The van der Waals surface area contributed by atoms with Crippen molar-refractivity contribution in [1.82, 2.24) is 0 Å². The van der Waals surface area contributed by atoms with Crippen LogP contribution in [0, 0.1) is 0 Å². The summed E-state index contributed by atoms with van der Waals surface area (Å²) < 4.78 is 11.0. The fourth-order valence-electron chi connectivity index (χ4n) is 1.82. The van der Waals surface area contributed by atoms with E-state index in [1.54, 1.807) is 19.9 Å². The van der Waals surface area contributed by atoms with Crippen molar-refractivity contribution in [2.75, 3.05) is 6.61 Å². The first-order valence-corrected chi connectivity index (χ1v) is 4.35. The largest absolute Gasteiger partial charge is 0.393 e. The zero-order valence-corrected chi connectivity index (χ0v) is 7.73. The Labute approximate surface area is 76.8 Å². The Morgan fingerprint density at radius 2 is 2.08 bits per heavy atom. The van der Waals surface area contributed by atoms with Crippen LogP contribution in [0.25, 0.3) is 0 Å².